The number of nitrogens with two attached hydrogens (primary N) is 1. The topological polar surface area (TPSA) is 30.9 Å². The molecule has 1 aromatic carbocycles. The van der Waals surface area contributed by atoms with Gasteiger partial charge in [-0.05, 0) is 31.2 Å². The number of aromatic nitrogens is 1. The molecule has 0 amide bonds. The molecule has 74 valence electrons. The van der Waals surface area contributed by atoms with Gasteiger partial charge >= 0.3 is 0 Å². The van der Waals surface area contributed by atoms with Crippen molar-refractivity contribution in [3.63, 3.8) is 0 Å². The van der Waals surface area contributed by atoms with E-state index in [2.05, 4.69) is 0 Å². The highest BCUT2D eigenvalue weighted by atomic mass is 19.1. The van der Waals surface area contributed by atoms with Gasteiger partial charge in [0.25, 0.3) is 0 Å². The van der Waals surface area contributed by atoms with Gasteiger partial charge < -0.3 is 10.3 Å². The third-order valence-corrected chi connectivity index (χ3v) is 2.51. The average molecular weight is 192 g/mol. The SMILES string of the molecule is CC(F)c1cc2cc(N)ccc2n1C. The van der Waals surface area contributed by atoms with Gasteiger partial charge in [-0.1, -0.05) is 0 Å². The van der Waals surface area contributed by atoms with E-state index in [-0.39, 0.29) is 0 Å². The molecule has 2 N–H and O–H groups in total. The average Bonchev–Trinajstić information content (AvgIpc) is 2.43. The summed E-state index contributed by atoms with van der Waals surface area (Å²) in [6.45, 7) is 1.54. The number of rotatable bonds is 1. The van der Waals surface area contributed by atoms with E-state index in [1.165, 1.54) is 6.92 Å². The third-order valence-electron chi connectivity index (χ3n) is 2.51. The minimum absolute atomic E-state index is 0.686. The molecular weight excluding hydrogens is 179 g/mol. The van der Waals surface area contributed by atoms with Crippen molar-refractivity contribution in [2.75, 3.05) is 5.73 Å². The molecular formula is C11H13FN2. The Bertz CT molecular complexity index is 471. The van der Waals surface area contributed by atoms with Crippen LogP contribution in [0.3, 0.4) is 0 Å². The first-order chi connectivity index (χ1) is 6.59. The van der Waals surface area contributed by atoms with E-state index in [0.717, 1.165) is 10.9 Å². The number of hydrogen-bond donors (Lipinski definition) is 1. The van der Waals surface area contributed by atoms with Crippen molar-refractivity contribution in [2.45, 2.75) is 13.1 Å². The van der Waals surface area contributed by atoms with Crippen molar-refractivity contribution < 1.29 is 4.39 Å². The molecule has 2 rings (SSSR count). The van der Waals surface area contributed by atoms with Crippen LogP contribution in [0, 0.1) is 0 Å². The zero-order valence-electron chi connectivity index (χ0n) is 8.29. The van der Waals surface area contributed by atoms with Crippen LogP contribution >= 0.6 is 0 Å². The highest BCUT2D eigenvalue weighted by Gasteiger charge is 2.10. The van der Waals surface area contributed by atoms with Crippen molar-refractivity contribution in [3.05, 3.63) is 30.0 Å². The third kappa shape index (κ3) is 1.25. The van der Waals surface area contributed by atoms with Gasteiger partial charge in [0.2, 0.25) is 0 Å². The van der Waals surface area contributed by atoms with E-state index < -0.39 is 6.17 Å². The van der Waals surface area contributed by atoms with E-state index in [0.29, 0.717) is 11.4 Å². The number of hydrogen-bond acceptors (Lipinski definition) is 1. The summed E-state index contributed by atoms with van der Waals surface area (Å²) in [5.41, 5.74) is 8.06. The fourth-order valence-corrected chi connectivity index (χ4v) is 1.77. The molecule has 0 saturated carbocycles. The molecule has 0 bridgehead atoms. The maximum Gasteiger partial charge on any atom is 0.137 e. The lowest BCUT2D eigenvalue weighted by molar-refractivity contribution is 0.359. The minimum atomic E-state index is -0.950. The molecule has 0 radical (unpaired) electrons. The van der Waals surface area contributed by atoms with Crippen LogP contribution in [-0.4, -0.2) is 4.57 Å². The maximum absolute atomic E-state index is 13.2. The second-order valence-corrected chi connectivity index (χ2v) is 3.56. The van der Waals surface area contributed by atoms with Gasteiger partial charge in [0, 0.05) is 23.6 Å². The molecule has 3 heteroatoms. The summed E-state index contributed by atoms with van der Waals surface area (Å²) in [6, 6.07) is 7.45. The van der Waals surface area contributed by atoms with Crippen molar-refractivity contribution >= 4 is 16.6 Å². The molecule has 0 spiro atoms. The summed E-state index contributed by atoms with van der Waals surface area (Å²) in [4.78, 5) is 0. The van der Waals surface area contributed by atoms with E-state index in [1.807, 2.05) is 35.9 Å². The monoisotopic (exact) mass is 192 g/mol. The van der Waals surface area contributed by atoms with Crippen molar-refractivity contribution in [1.29, 1.82) is 0 Å². The molecule has 1 atom stereocenters. The summed E-state index contributed by atoms with van der Waals surface area (Å²) < 4.78 is 15.0. The molecule has 0 saturated heterocycles. The molecule has 2 nitrogen and oxygen atoms in total. The van der Waals surface area contributed by atoms with Gasteiger partial charge in [-0.2, -0.15) is 0 Å². The van der Waals surface area contributed by atoms with E-state index in [4.69, 9.17) is 5.73 Å². The first-order valence-corrected chi connectivity index (χ1v) is 4.58. The van der Waals surface area contributed by atoms with Crippen LogP contribution in [0.4, 0.5) is 10.1 Å². The summed E-state index contributed by atoms with van der Waals surface area (Å²) in [5, 5.41) is 0.993. The Hall–Kier alpha value is -1.51. The number of halogens is 1. The molecule has 1 heterocycles. The molecule has 0 aliphatic heterocycles. The summed E-state index contributed by atoms with van der Waals surface area (Å²) >= 11 is 0. The van der Waals surface area contributed by atoms with E-state index >= 15 is 0 Å². The molecule has 0 aliphatic rings. The zero-order valence-corrected chi connectivity index (χ0v) is 8.29. The van der Waals surface area contributed by atoms with Gasteiger partial charge in [0.1, 0.15) is 6.17 Å². The van der Waals surface area contributed by atoms with Crippen LogP contribution in [0.1, 0.15) is 18.8 Å². The Labute approximate surface area is 82.1 Å². The van der Waals surface area contributed by atoms with Crippen LogP contribution in [0.2, 0.25) is 0 Å². The number of anilines is 1. The standard InChI is InChI=1S/C11H13FN2/c1-7(12)11-6-8-5-9(13)3-4-10(8)14(11)2/h3-7H,13H2,1-2H3. The van der Waals surface area contributed by atoms with E-state index in [1.54, 1.807) is 0 Å². The first kappa shape index (κ1) is 9.06. The molecule has 0 aliphatic carbocycles. The van der Waals surface area contributed by atoms with E-state index in [9.17, 15) is 4.39 Å². The lowest BCUT2D eigenvalue weighted by Gasteiger charge is -2.04. The Morgan fingerprint density at radius 3 is 2.71 bits per heavy atom. The van der Waals surface area contributed by atoms with Crippen LogP contribution in [0.15, 0.2) is 24.3 Å². The molecule has 1 aromatic heterocycles. The number of nitrogen functional groups attached to an aromatic ring is 1. The second kappa shape index (κ2) is 3.01. The quantitative estimate of drug-likeness (QED) is 0.692. The van der Waals surface area contributed by atoms with Gasteiger partial charge in [0.05, 0.1) is 5.69 Å². The number of aryl methyl sites for hydroxylation is 1. The van der Waals surface area contributed by atoms with Crippen molar-refractivity contribution in [1.82, 2.24) is 4.57 Å². The predicted molar refractivity (Wildman–Crippen MR) is 56.9 cm³/mol. The lowest BCUT2D eigenvalue weighted by Crippen LogP contribution is -1.96. The minimum Gasteiger partial charge on any atom is -0.399 e. The van der Waals surface area contributed by atoms with Gasteiger partial charge in [0.15, 0.2) is 0 Å². The lowest BCUT2D eigenvalue weighted by atomic mass is 10.2. The van der Waals surface area contributed by atoms with Gasteiger partial charge in [-0.15, -0.1) is 0 Å². The smallest absolute Gasteiger partial charge is 0.137 e. The summed E-state index contributed by atoms with van der Waals surface area (Å²) in [5.74, 6) is 0. The first-order valence-electron chi connectivity index (χ1n) is 4.58. The van der Waals surface area contributed by atoms with Crippen LogP contribution in [0.25, 0.3) is 10.9 Å². The fourth-order valence-electron chi connectivity index (χ4n) is 1.77. The van der Waals surface area contributed by atoms with Gasteiger partial charge in [-0.25, -0.2) is 4.39 Å². The fraction of sp³-hybridized carbons (Fsp3) is 0.273. The largest absolute Gasteiger partial charge is 0.399 e. The number of alkyl halides is 1. The second-order valence-electron chi connectivity index (χ2n) is 3.56. The number of nitrogens with zero attached hydrogens (tertiary/aromatic N) is 1. The Morgan fingerprint density at radius 1 is 1.36 bits per heavy atom. The molecule has 2 aromatic rings. The molecule has 0 fully saturated rings. The molecule has 1 unspecified atom stereocenters. The number of benzene rings is 1. The Morgan fingerprint density at radius 2 is 2.07 bits per heavy atom. The maximum atomic E-state index is 13.2. The van der Waals surface area contributed by atoms with Crippen molar-refractivity contribution in [2.24, 2.45) is 7.05 Å². The highest BCUT2D eigenvalue weighted by Crippen LogP contribution is 2.26. The zero-order chi connectivity index (χ0) is 10.3. The summed E-state index contributed by atoms with van der Waals surface area (Å²) in [7, 11) is 1.87. The highest BCUT2D eigenvalue weighted by molar-refractivity contribution is 5.84. The van der Waals surface area contributed by atoms with Crippen LogP contribution in [-0.2, 0) is 7.05 Å². The summed E-state index contributed by atoms with van der Waals surface area (Å²) in [6.07, 6.45) is -0.950. The molecule has 14 heavy (non-hydrogen) atoms. The van der Waals surface area contributed by atoms with Gasteiger partial charge in [-0.3, -0.25) is 0 Å². The number of fused-ring (bicyclic) bond motifs is 1. The van der Waals surface area contributed by atoms with Crippen molar-refractivity contribution in [3.8, 4) is 0 Å². The van der Waals surface area contributed by atoms with Crippen LogP contribution in [0.5, 0.6) is 0 Å². The Balaban J connectivity index is 2.73. The normalized spacial score (nSPS) is 13.4. The Kier molecular flexibility index (Phi) is 1.95. The van der Waals surface area contributed by atoms with Crippen LogP contribution < -0.4 is 5.73 Å². The predicted octanol–water partition coefficient (Wildman–Crippen LogP) is 2.79.